The van der Waals surface area contributed by atoms with Crippen molar-refractivity contribution in [2.75, 3.05) is 13.2 Å². The number of rotatable bonds is 6. The first-order valence-electron chi connectivity index (χ1n) is 6.50. The summed E-state index contributed by atoms with van der Waals surface area (Å²) in [5.74, 6) is -0.0390. The molecule has 0 bridgehead atoms. The van der Waals surface area contributed by atoms with Gasteiger partial charge in [0, 0.05) is 11.8 Å². The fourth-order valence-corrected chi connectivity index (χ4v) is 2.91. The molecule has 0 saturated carbocycles. The lowest BCUT2D eigenvalue weighted by Gasteiger charge is -2.21. The molecule has 0 radical (unpaired) electrons. The van der Waals surface area contributed by atoms with Crippen LogP contribution in [0.15, 0.2) is 25.3 Å². The third-order valence-corrected chi connectivity index (χ3v) is 3.93. The molecule has 0 aromatic rings. The van der Waals surface area contributed by atoms with Gasteiger partial charge in [-0.15, -0.1) is 13.2 Å². The molecule has 102 valence electrons. The molecule has 2 saturated heterocycles. The van der Waals surface area contributed by atoms with Gasteiger partial charge in [-0.1, -0.05) is 12.2 Å². The Morgan fingerprint density at radius 1 is 0.944 bits per heavy atom. The van der Waals surface area contributed by atoms with Gasteiger partial charge < -0.3 is 19.7 Å². The summed E-state index contributed by atoms with van der Waals surface area (Å²) in [5, 5.41) is 20.0. The van der Waals surface area contributed by atoms with Crippen molar-refractivity contribution in [3.05, 3.63) is 25.3 Å². The maximum atomic E-state index is 10.0. The Balaban J connectivity index is 1.98. The van der Waals surface area contributed by atoms with Crippen LogP contribution in [0.3, 0.4) is 0 Å². The Bertz CT molecular complexity index is 274. The highest BCUT2D eigenvalue weighted by Gasteiger charge is 2.51. The van der Waals surface area contributed by atoms with Crippen LogP contribution in [0.4, 0.5) is 0 Å². The molecule has 0 aromatic heterocycles. The van der Waals surface area contributed by atoms with Gasteiger partial charge >= 0.3 is 0 Å². The lowest BCUT2D eigenvalue weighted by molar-refractivity contribution is -0.00113. The standard InChI is InChI=1S/C14H22O4/c1-3-5-11(15)9-7-17-14-10(8-18-13(9)14)12(16)6-4-2/h3-4,9-16H,1-2,5-8H2/t9-,10-,11+,12+,13+,14+/m0/s1. The van der Waals surface area contributed by atoms with Crippen LogP contribution in [-0.4, -0.2) is 47.8 Å². The Morgan fingerprint density at radius 2 is 1.33 bits per heavy atom. The van der Waals surface area contributed by atoms with Crippen molar-refractivity contribution in [1.82, 2.24) is 0 Å². The third kappa shape index (κ3) is 2.52. The molecule has 0 aromatic carbocycles. The topological polar surface area (TPSA) is 58.9 Å². The van der Waals surface area contributed by atoms with Gasteiger partial charge in [-0.25, -0.2) is 0 Å². The SMILES string of the molecule is C=CC[C@@H](O)[C@@H]1CO[C@@H]2[C@H]([C@H](O)CC=C)CO[C@H]12. The Labute approximate surface area is 108 Å². The zero-order chi connectivity index (χ0) is 13.1. The van der Waals surface area contributed by atoms with Gasteiger partial charge in [0.25, 0.3) is 0 Å². The minimum Gasteiger partial charge on any atom is -0.392 e. The van der Waals surface area contributed by atoms with E-state index in [1.54, 1.807) is 12.2 Å². The minimum absolute atomic E-state index is 0.0195. The maximum Gasteiger partial charge on any atom is 0.0916 e. The first-order valence-corrected chi connectivity index (χ1v) is 6.50. The number of aliphatic hydroxyl groups is 2. The van der Waals surface area contributed by atoms with Crippen LogP contribution in [0.5, 0.6) is 0 Å². The summed E-state index contributed by atoms with van der Waals surface area (Å²) in [5.41, 5.74) is 0. The zero-order valence-electron chi connectivity index (χ0n) is 10.6. The van der Waals surface area contributed by atoms with Crippen LogP contribution in [0, 0.1) is 11.8 Å². The van der Waals surface area contributed by atoms with Crippen molar-refractivity contribution < 1.29 is 19.7 Å². The molecular formula is C14H22O4. The lowest BCUT2D eigenvalue weighted by Crippen LogP contribution is -2.35. The average molecular weight is 254 g/mol. The quantitative estimate of drug-likeness (QED) is 0.691. The number of hydrogen-bond donors (Lipinski definition) is 2. The molecule has 0 unspecified atom stereocenters. The molecular weight excluding hydrogens is 232 g/mol. The van der Waals surface area contributed by atoms with Crippen molar-refractivity contribution in [1.29, 1.82) is 0 Å². The molecule has 2 heterocycles. The first-order chi connectivity index (χ1) is 8.69. The van der Waals surface area contributed by atoms with E-state index in [1.807, 2.05) is 0 Å². The van der Waals surface area contributed by atoms with Gasteiger partial charge in [0.2, 0.25) is 0 Å². The highest BCUT2D eigenvalue weighted by atomic mass is 16.6. The third-order valence-electron chi connectivity index (χ3n) is 3.93. The summed E-state index contributed by atoms with van der Waals surface area (Å²) in [6.07, 6.45) is 3.32. The summed E-state index contributed by atoms with van der Waals surface area (Å²) in [6, 6.07) is 0. The zero-order valence-corrected chi connectivity index (χ0v) is 10.6. The van der Waals surface area contributed by atoms with Crippen molar-refractivity contribution in [2.24, 2.45) is 11.8 Å². The number of ether oxygens (including phenoxy) is 2. The molecule has 2 N–H and O–H groups in total. The highest BCUT2D eigenvalue weighted by molar-refractivity contribution is 4.99. The van der Waals surface area contributed by atoms with Gasteiger partial charge in [0.15, 0.2) is 0 Å². The molecule has 2 fully saturated rings. The summed E-state index contributed by atoms with van der Waals surface area (Å²) in [6.45, 7) is 8.24. The predicted molar refractivity (Wildman–Crippen MR) is 68.1 cm³/mol. The maximum absolute atomic E-state index is 10.0. The van der Waals surface area contributed by atoms with Crippen LogP contribution < -0.4 is 0 Å². The molecule has 0 amide bonds. The molecule has 0 aliphatic carbocycles. The Kier molecular flexibility index (Phi) is 4.56. The van der Waals surface area contributed by atoms with Crippen molar-refractivity contribution in [3.8, 4) is 0 Å². The van der Waals surface area contributed by atoms with E-state index in [1.165, 1.54) is 0 Å². The molecule has 2 aliphatic heterocycles. The summed E-state index contributed by atoms with van der Waals surface area (Å²) in [7, 11) is 0. The minimum atomic E-state index is -0.479. The van der Waals surface area contributed by atoms with Crippen molar-refractivity contribution in [2.45, 2.75) is 37.3 Å². The number of fused-ring (bicyclic) bond motifs is 1. The van der Waals surface area contributed by atoms with E-state index in [0.717, 1.165) is 0 Å². The van der Waals surface area contributed by atoms with Gasteiger partial charge in [0.05, 0.1) is 37.6 Å². The van der Waals surface area contributed by atoms with Crippen LogP contribution >= 0.6 is 0 Å². The fourth-order valence-electron chi connectivity index (χ4n) is 2.91. The normalized spacial score (nSPS) is 38.1. The molecule has 6 atom stereocenters. The van der Waals surface area contributed by atoms with Gasteiger partial charge in [-0.3, -0.25) is 0 Å². The van der Waals surface area contributed by atoms with Gasteiger partial charge in [-0.05, 0) is 12.8 Å². The van der Waals surface area contributed by atoms with Crippen molar-refractivity contribution >= 4 is 0 Å². The van der Waals surface area contributed by atoms with E-state index in [-0.39, 0.29) is 24.0 Å². The second-order valence-corrected chi connectivity index (χ2v) is 5.11. The van der Waals surface area contributed by atoms with Crippen LogP contribution in [0.2, 0.25) is 0 Å². The number of aliphatic hydroxyl groups excluding tert-OH is 2. The summed E-state index contributed by atoms with van der Waals surface area (Å²) in [4.78, 5) is 0. The monoisotopic (exact) mass is 254 g/mol. The van der Waals surface area contributed by atoms with E-state index < -0.39 is 12.2 Å². The second kappa shape index (κ2) is 5.97. The molecule has 2 rings (SSSR count). The molecule has 2 aliphatic rings. The molecule has 0 spiro atoms. The fraction of sp³-hybridized carbons (Fsp3) is 0.714. The number of hydrogen-bond acceptors (Lipinski definition) is 4. The molecule has 4 heteroatoms. The molecule has 4 nitrogen and oxygen atoms in total. The largest absolute Gasteiger partial charge is 0.392 e. The Hall–Kier alpha value is -0.680. The predicted octanol–water partition coefficient (Wildman–Crippen LogP) is 0.890. The summed E-state index contributed by atoms with van der Waals surface area (Å²) < 4.78 is 11.4. The van der Waals surface area contributed by atoms with E-state index in [9.17, 15) is 10.2 Å². The smallest absolute Gasteiger partial charge is 0.0916 e. The average Bonchev–Trinajstić information content (AvgIpc) is 2.89. The first kappa shape index (κ1) is 13.7. The Morgan fingerprint density at radius 3 is 1.67 bits per heavy atom. The molecule has 18 heavy (non-hydrogen) atoms. The van der Waals surface area contributed by atoms with Crippen LogP contribution in [0.1, 0.15) is 12.8 Å². The lowest BCUT2D eigenvalue weighted by atomic mass is 9.88. The van der Waals surface area contributed by atoms with Crippen LogP contribution in [0.25, 0.3) is 0 Å². The van der Waals surface area contributed by atoms with Crippen LogP contribution in [-0.2, 0) is 9.47 Å². The highest BCUT2D eigenvalue weighted by Crippen LogP contribution is 2.38. The second-order valence-electron chi connectivity index (χ2n) is 5.11. The van der Waals surface area contributed by atoms with Gasteiger partial charge in [0.1, 0.15) is 0 Å². The van der Waals surface area contributed by atoms with E-state index >= 15 is 0 Å². The van der Waals surface area contributed by atoms with Gasteiger partial charge in [-0.2, -0.15) is 0 Å². The van der Waals surface area contributed by atoms with Crippen molar-refractivity contribution in [3.63, 3.8) is 0 Å². The van der Waals surface area contributed by atoms with E-state index in [0.29, 0.717) is 26.1 Å². The summed E-state index contributed by atoms with van der Waals surface area (Å²) >= 11 is 0. The van der Waals surface area contributed by atoms with E-state index in [2.05, 4.69) is 13.2 Å². The van der Waals surface area contributed by atoms with E-state index in [4.69, 9.17) is 9.47 Å².